The van der Waals surface area contributed by atoms with Crippen molar-refractivity contribution in [3.05, 3.63) is 0 Å². The van der Waals surface area contributed by atoms with E-state index in [1.807, 2.05) is 0 Å². The zero-order valence-electron chi connectivity index (χ0n) is 13.3. The molecule has 0 aromatic heterocycles. The molecule has 0 unspecified atom stereocenters. The third kappa shape index (κ3) is 3.75. The second kappa shape index (κ2) is 7.72. The van der Waals surface area contributed by atoms with Crippen LogP contribution in [0.3, 0.4) is 0 Å². The summed E-state index contributed by atoms with van der Waals surface area (Å²) in [6, 6.07) is 0. The SMILES string of the molecule is Cl[C@H]1CCCC[C@@]1(Cl)P(C1CCCCC1)C1CCCCC1. The van der Waals surface area contributed by atoms with Gasteiger partial charge in [0.15, 0.2) is 0 Å². The summed E-state index contributed by atoms with van der Waals surface area (Å²) in [6.45, 7) is 0. The van der Waals surface area contributed by atoms with E-state index in [-0.39, 0.29) is 17.9 Å². The molecule has 0 amide bonds. The van der Waals surface area contributed by atoms with Gasteiger partial charge in [0.1, 0.15) is 0 Å². The molecule has 0 radical (unpaired) electrons. The molecule has 21 heavy (non-hydrogen) atoms. The first-order valence-corrected chi connectivity index (χ1v) is 11.6. The normalized spacial score (nSPS) is 37.0. The zero-order chi connectivity index (χ0) is 14.7. The van der Waals surface area contributed by atoms with Gasteiger partial charge in [-0.2, -0.15) is 0 Å². The maximum Gasteiger partial charge on any atom is 0.0807 e. The van der Waals surface area contributed by atoms with Crippen molar-refractivity contribution in [2.75, 3.05) is 0 Å². The first kappa shape index (κ1) is 16.9. The fraction of sp³-hybridized carbons (Fsp3) is 1.00. The van der Waals surface area contributed by atoms with Crippen molar-refractivity contribution in [2.24, 2.45) is 0 Å². The van der Waals surface area contributed by atoms with Crippen LogP contribution in [0.5, 0.6) is 0 Å². The van der Waals surface area contributed by atoms with Crippen LogP contribution in [0.4, 0.5) is 0 Å². The van der Waals surface area contributed by atoms with Crippen LogP contribution >= 0.6 is 31.1 Å². The average molecular weight is 349 g/mol. The monoisotopic (exact) mass is 348 g/mol. The van der Waals surface area contributed by atoms with Crippen molar-refractivity contribution in [1.29, 1.82) is 0 Å². The van der Waals surface area contributed by atoms with Gasteiger partial charge in [0.25, 0.3) is 0 Å². The summed E-state index contributed by atoms with van der Waals surface area (Å²) in [6.07, 6.45) is 19.4. The van der Waals surface area contributed by atoms with E-state index in [1.165, 1.54) is 83.5 Å². The lowest BCUT2D eigenvalue weighted by atomic mass is 9.98. The maximum atomic E-state index is 7.36. The minimum atomic E-state index is -0.103. The Balaban J connectivity index is 1.82. The Morgan fingerprint density at radius 1 is 0.667 bits per heavy atom. The van der Waals surface area contributed by atoms with Crippen LogP contribution in [0.2, 0.25) is 0 Å². The van der Waals surface area contributed by atoms with Gasteiger partial charge in [-0.05, 0) is 49.8 Å². The molecule has 3 aliphatic carbocycles. The summed E-state index contributed by atoms with van der Waals surface area (Å²) in [7, 11) is -0.103. The lowest BCUT2D eigenvalue weighted by Crippen LogP contribution is -2.41. The summed E-state index contributed by atoms with van der Waals surface area (Å²) in [5.41, 5.74) is 1.85. The highest BCUT2D eigenvalue weighted by Crippen LogP contribution is 2.69. The van der Waals surface area contributed by atoms with Crippen LogP contribution < -0.4 is 0 Å². The molecule has 0 N–H and O–H groups in total. The quantitative estimate of drug-likeness (QED) is 0.372. The van der Waals surface area contributed by atoms with Crippen LogP contribution in [-0.2, 0) is 0 Å². The molecule has 122 valence electrons. The lowest BCUT2D eigenvalue weighted by molar-refractivity contribution is 0.446. The van der Waals surface area contributed by atoms with Gasteiger partial charge in [-0.1, -0.05) is 59.3 Å². The zero-order valence-corrected chi connectivity index (χ0v) is 15.7. The smallest absolute Gasteiger partial charge is 0.0807 e. The first-order valence-electron chi connectivity index (χ1n) is 9.33. The van der Waals surface area contributed by atoms with E-state index in [0.717, 1.165) is 17.7 Å². The number of halogens is 2. The Hall–Kier alpha value is 1.01. The van der Waals surface area contributed by atoms with Crippen LogP contribution in [0.25, 0.3) is 0 Å². The molecule has 2 atom stereocenters. The largest absolute Gasteiger partial charge is 0.121 e. The highest BCUT2D eigenvalue weighted by Gasteiger charge is 2.50. The van der Waals surface area contributed by atoms with E-state index in [9.17, 15) is 0 Å². The van der Waals surface area contributed by atoms with Crippen LogP contribution in [0, 0.1) is 0 Å². The highest BCUT2D eigenvalue weighted by atomic mass is 35.5. The molecular weight excluding hydrogens is 318 g/mol. The summed E-state index contributed by atoms with van der Waals surface area (Å²) >= 11 is 14.2. The molecule has 3 saturated carbocycles. The average Bonchev–Trinajstić information content (AvgIpc) is 2.53. The van der Waals surface area contributed by atoms with Crippen molar-refractivity contribution in [3.8, 4) is 0 Å². The number of hydrogen-bond donors (Lipinski definition) is 0. The van der Waals surface area contributed by atoms with Gasteiger partial charge in [-0.3, -0.25) is 0 Å². The van der Waals surface area contributed by atoms with E-state index in [0.29, 0.717) is 0 Å². The molecule has 0 heterocycles. The summed E-state index contributed by atoms with van der Waals surface area (Å²) < 4.78 is -0.0286. The molecule has 3 aliphatic rings. The summed E-state index contributed by atoms with van der Waals surface area (Å²) in [5.74, 6) is 0. The molecule has 0 bridgehead atoms. The summed E-state index contributed by atoms with van der Waals surface area (Å²) in [5, 5.41) is 0.239. The van der Waals surface area contributed by atoms with Gasteiger partial charge in [0.2, 0.25) is 0 Å². The van der Waals surface area contributed by atoms with E-state index in [4.69, 9.17) is 23.2 Å². The van der Waals surface area contributed by atoms with Crippen molar-refractivity contribution in [3.63, 3.8) is 0 Å². The Kier molecular flexibility index (Phi) is 6.20. The minimum absolute atomic E-state index is 0.0286. The highest BCUT2D eigenvalue weighted by molar-refractivity contribution is 7.63. The fourth-order valence-corrected chi connectivity index (χ4v) is 11.2. The molecule has 0 spiro atoms. The standard InChI is InChI=1S/C18H31Cl2P/c19-17-13-7-8-14-18(17,20)21(15-9-3-1-4-10-15)16-11-5-2-6-12-16/h15-17H,1-14H2/t17-,18+/m0/s1. The number of alkyl halides is 2. The predicted octanol–water partition coefficient (Wildman–Crippen LogP) is 7.25. The van der Waals surface area contributed by atoms with Gasteiger partial charge in [0.05, 0.1) is 9.99 Å². The lowest BCUT2D eigenvalue weighted by Gasteiger charge is -2.51. The van der Waals surface area contributed by atoms with Gasteiger partial charge in [-0.15, -0.1) is 23.2 Å². The Morgan fingerprint density at radius 2 is 1.14 bits per heavy atom. The second-order valence-electron chi connectivity index (χ2n) is 7.52. The van der Waals surface area contributed by atoms with Crippen LogP contribution in [0.1, 0.15) is 89.9 Å². The fourth-order valence-electron chi connectivity index (χ4n) is 4.99. The van der Waals surface area contributed by atoms with Gasteiger partial charge in [0, 0.05) is 0 Å². The van der Waals surface area contributed by atoms with E-state index in [1.54, 1.807) is 0 Å². The molecule has 0 aromatic carbocycles. The van der Waals surface area contributed by atoms with Crippen molar-refractivity contribution in [1.82, 2.24) is 0 Å². The third-order valence-electron chi connectivity index (χ3n) is 6.08. The Bertz CT molecular complexity index is 305. The molecule has 0 saturated heterocycles. The topological polar surface area (TPSA) is 0 Å². The van der Waals surface area contributed by atoms with E-state index >= 15 is 0 Å². The Labute approximate surface area is 142 Å². The van der Waals surface area contributed by atoms with Gasteiger partial charge < -0.3 is 0 Å². The second-order valence-corrected chi connectivity index (χ2v) is 12.1. The van der Waals surface area contributed by atoms with Gasteiger partial charge >= 0.3 is 0 Å². The van der Waals surface area contributed by atoms with Crippen LogP contribution in [0.15, 0.2) is 0 Å². The van der Waals surface area contributed by atoms with Crippen LogP contribution in [-0.4, -0.2) is 21.3 Å². The molecule has 0 aromatic rings. The first-order chi connectivity index (χ1) is 10.2. The van der Waals surface area contributed by atoms with Crippen molar-refractivity contribution < 1.29 is 0 Å². The van der Waals surface area contributed by atoms with Crippen molar-refractivity contribution >= 4 is 31.1 Å². The minimum Gasteiger partial charge on any atom is -0.121 e. The predicted molar refractivity (Wildman–Crippen MR) is 97.4 cm³/mol. The maximum absolute atomic E-state index is 7.36. The van der Waals surface area contributed by atoms with E-state index < -0.39 is 0 Å². The Morgan fingerprint density at radius 3 is 1.62 bits per heavy atom. The van der Waals surface area contributed by atoms with E-state index in [2.05, 4.69) is 0 Å². The molecule has 0 aliphatic heterocycles. The van der Waals surface area contributed by atoms with Gasteiger partial charge in [-0.25, -0.2) is 0 Å². The molecule has 3 rings (SSSR count). The molecular formula is C18H31Cl2P. The third-order valence-corrected chi connectivity index (χ3v) is 12.0. The molecule has 3 heteroatoms. The van der Waals surface area contributed by atoms with Crippen molar-refractivity contribution in [2.45, 2.75) is 111 Å². The summed E-state index contributed by atoms with van der Waals surface area (Å²) in [4.78, 5) is 0. The molecule has 0 nitrogen and oxygen atoms in total. The number of hydrogen-bond acceptors (Lipinski definition) is 0. The molecule has 3 fully saturated rings. The number of rotatable bonds is 3.